The molecule has 9 nitrogen and oxygen atoms in total. The quantitative estimate of drug-likeness (QED) is 0.435. The molecule has 0 radical (unpaired) electrons. The number of rotatable bonds is 7. The van der Waals surface area contributed by atoms with E-state index in [9.17, 15) is 13.2 Å². The minimum Gasteiger partial charge on any atom is -0.497 e. The smallest absolute Gasteiger partial charge is 0.235 e. The number of ether oxygens (including phenoxy) is 2. The molecule has 1 amide bonds. The molecule has 6 atom stereocenters. The molecule has 4 N–H and O–H groups in total. The van der Waals surface area contributed by atoms with Gasteiger partial charge in [0.2, 0.25) is 5.91 Å². The van der Waals surface area contributed by atoms with Gasteiger partial charge >= 0.3 is 0 Å². The molecule has 1 spiro atoms. The highest BCUT2D eigenvalue weighted by atomic mass is 32.2. The maximum Gasteiger partial charge on any atom is 0.235 e. The summed E-state index contributed by atoms with van der Waals surface area (Å²) in [5, 5.41) is 6.59. The molecule has 0 bridgehead atoms. The summed E-state index contributed by atoms with van der Waals surface area (Å²) in [7, 11) is -0.0866. The normalized spacial score (nSPS) is 32.0. The molecular weight excluding hydrogens is 492 g/mol. The number of anilines is 2. The fourth-order valence-electron chi connectivity index (χ4n) is 6.84. The summed E-state index contributed by atoms with van der Waals surface area (Å²) < 4.78 is 35.8. The predicted molar refractivity (Wildman–Crippen MR) is 140 cm³/mol. The SMILES string of the molecule is CCS(=O)(=O)c1ccc(OC)c(NC2NNC3CC([C@@H]4C[C@@]45C(=O)Nc4ccc(OC)cc45)CCC32)c1. The molecule has 2 aliphatic heterocycles. The first-order valence-corrected chi connectivity index (χ1v) is 14.6. The lowest BCUT2D eigenvalue weighted by molar-refractivity contribution is -0.118. The van der Waals surface area contributed by atoms with E-state index < -0.39 is 15.3 Å². The third-order valence-corrected chi connectivity index (χ3v) is 10.7. The molecule has 1 saturated heterocycles. The molecule has 2 heterocycles. The maximum atomic E-state index is 13.1. The largest absolute Gasteiger partial charge is 0.497 e. The lowest BCUT2D eigenvalue weighted by atomic mass is 9.74. The van der Waals surface area contributed by atoms with E-state index in [4.69, 9.17) is 9.47 Å². The molecule has 6 rings (SSSR count). The van der Waals surface area contributed by atoms with Gasteiger partial charge in [-0.05, 0) is 79.5 Å². The minimum atomic E-state index is -3.33. The molecular formula is C27H34N4O5S. The van der Waals surface area contributed by atoms with Gasteiger partial charge in [-0.25, -0.2) is 13.8 Å². The first-order chi connectivity index (χ1) is 17.8. The van der Waals surface area contributed by atoms with Crippen molar-refractivity contribution in [2.45, 2.75) is 55.1 Å². The number of hydrogen-bond acceptors (Lipinski definition) is 8. The van der Waals surface area contributed by atoms with Crippen LogP contribution >= 0.6 is 0 Å². The number of amides is 1. The second kappa shape index (κ2) is 8.89. The summed E-state index contributed by atoms with van der Waals surface area (Å²) in [5.74, 6) is 2.66. The summed E-state index contributed by atoms with van der Waals surface area (Å²) in [4.78, 5) is 13.4. The molecule has 3 fully saturated rings. The van der Waals surface area contributed by atoms with Crippen molar-refractivity contribution < 1.29 is 22.7 Å². The number of sulfone groups is 1. The van der Waals surface area contributed by atoms with Gasteiger partial charge in [0.1, 0.15) is 11.5 Å². The van der Waals surface area contributed by atoms with Gasteiger partial charge in [-0.15, -0.1) is 0 Å². The molecule has 2 aromatic carbocycles. The monoisotopic (exact) mass is 526 g/mol. The van der Waals surface area contributed by atoms with E-state index in [2.05, 4.69) is 21.5 Å². The Balaban J connectivity index is 1.16. The van der Waals surface area contributed by atoms with Crippen molar-refractivity contribution in [2.24, 2.45) is 17.8 Å². The standard InChI is InChI=1S/C27H34N4O5S/c1-4-37(33,34)17-7-10-24(36-3)23(13-17)28-25-18-8-5-15(11-22(18)30-31-25)20-14-27(20)19-12-16(35-2)6-9-21(19)29-26(27)32/h6-7,9-10,12-13,15,18,20,22,25,28,30-31H,4-5,8,11,14H2,1-3H3,(H,29,32)/t15?,18?,20-,22?,25?,27-/m0/s1. The lowest BCUT2D eigenvalue weighted by Crippen LogP contribution is -2.39. The van der Waals surface area contributed by atoms with Crippen molar-refractivity contribution in [1.82, 2.24) is 10.9 Å². The third kappa shape index (κ3) is 3.88. The number of carbonyl (C=O) groups excluding carboxylic acids is 1. The number of fused-ring (bicyclic) bond motifs is 3. The second-order valence-corrected chi connectivity index (χ2v) is 12.9. The van der Waals surface area contributed by atoms with Crippen LogP contribution in [0.2, 0.25) is 0 Å². The summed E-state index contributed by atoms with van der Waals surface area (Å²) >= 11 is 0. The first-order valence-electron chi connectivity index (χ1n) is 13.0. The highest BCUT2D eigenvalue weighted by Gasteiger charge is 2.67. The van der Waals surface area contributed by atoms with Gasteiger partial charge in [0.25, 0.3) is 0 Å². The number of methoxy groups -OCH3 is 2. The molecule has 4 aliphatic rings. The van der Waals surface area contributed by atoms with Gasteiger partial charge in [0.15, 0.2) is 9.84 Å². The zero-order valence-electron chi connectivity index (χ0n) is 21.3. The Morgan fingerprint density at radius 2 is 1.92 bits per heavy atom. The Bertz CT molecular complexity index is 1350. The fraction of sp³-hybridized carbons (Fsp3) is 0.519. The molecule has 2 aromatic rings. The van der Waals surface area contributed by atoms with Crippen molar-refractivity contribution >= 4 is 27.1 Å². The maximum absolute atomic E-state index is 13.1. The van der Waals surface area contributed by atoms with Crippen molar-refractivity contribution in [3.8, 4) is 11.5 Å². The van der Waals surface area contributed by atoms with E-state index >= 15 is 0 Å². The number of benzene rings is 2. The fourth-order valence-corrected chi connectivity index (χ4v) is 7.75. The average molecular weight is 527 g/mol. The summed E-state index contributed by atoms with van der Waals surface area (Å²) in [5.41, 5.74) is 9.08. The van der Waals surface area contributed by atoms with Gasteiger partial charge in [-0.1, -0.05) is 6.92 Å². The topological polar surface area (TPSA) is 118 Å². The molecule has 2 aliphatic carbocycles. The van der Waals surface area contributed by atoms with Gasteiger partial charge in [0.05, 0.1) is 42.1 Å². The van der Waals surface area contributed by atoms with Gasteiger partial charge in [-0.2, -0.15) is 0 Å². The highest BCUT2D eigenvalue weighted by Crippen LogP contribution is 2.65. The van der Waals surface area contributed by atoms with Crippen molar-refractivity contribution in [3.05, 3.63) is 42.0 Å². The van der Waals surface area contributed by atoms with Crippen LogP contribution in [0.15, 0.2) is 41.3 Å². The van der Waals surface area contributed by atoms with Crippen molar-refractivity contribution in [3.63, 3.8) is 0 Å². The average Bonchev–Trinajstić information content (AvgIpc) is 3.46. The van der Waals surface area contributed by atoms with E-state index in [0.29, 0.717) is 29.2 Å². The molecule has 0 aromatic heterocycles. The summed E-state index contributed by atoms with van der Waals surface area (Å²) in [6.07, 6.45) is 3.85. The van der Waals surface area contributed by atoms with Gasteiger partial charge in [-0.3, -0.25) is 10.2 Å². The Labute approximate surface area is 217 Å². The van der Waals surface area contributed by atoms with Gasteiger partial charge < -0.3 is 20.1 Å². The number of hydrazine groups is 1. The van der Waals surface area contributed by atoms with Crippen LogP contribution in [-0.2, 0) is 20.0 Å². The van der Waals surface area contributed by atoms with E-state index in [1.165, 1.54) is 0 Å². The Hall–Kier alpha value is -2.82. The van der Waals surface area contributed by atoms with Crippen molar-refractivity contribution in [2.75, 3.05) is 30.6 Å². The summed E-state index contributed by atoms with van der Waals surface area (Å²) in [6.45, 7) is 1.65. The van der Waals surface area contributed by atoms with Crippen LogP contribution in [0, 0.1) is 17.8 Å². The van der Waals surface area contributed by atoms with Crippen molar-refractivity contribution in [1.29, 1.82) is 0 Å². The van der Waals surface area contributed by atoms with Crippen LogP contribution < -0.4 is 31.0 Å². The predicted octanol–water partition coefficient (Wildman–Crippen LogP) is 3.04. The third-order valence-electron chi connectivity index (χ3n) is 8.96. The number of hydrogen-bond donors (Lipinski definition) is 4. The van der Waals surface area contributed by atoms with Crippen LogP contribution in [0.1, 0.15) is 38.2 Å². The van der Waals surface area contributed by atoms with Gasteiger partial charge in [0, 0.05) is 17.6 Å². The molecule has 10 heteroatoms. The molecule has 37 heavy (non-hydrogen) atoms. The minimum absolute atomic E-state index is 0.0476. The van der Waals surface area contributed by atoms with E-state index in [0.717, 1.165) is 42.7 Å². The summed E-state index contributed by atoms with van der Waals surface area (Å²) in [6, 6.07) is 11.1. The lowest BCUT2D eigenvalue weighted by Gasteiger charge is -2.34. The highest BCUT2D eigenvalue weighted by molar-refractivity contribution is 7.91. The number of nitrogens with one attached hydrogen (secondary N) is 4. The Morgan fingerprint density at radius 1 is 1.08 bits per heavy atom. The van der Waals surface area contributed by atoms with E-state index in [-0.39, 0.29) is 28.8 Å². The van der Waals surface area contributed by atoms with E-state index in [1.807, 2.05) is 18.2 Å². The Kier molecular flexibility index (Phi) is 5.89. The number of carbonyl (C=O) groups is 1. The van der Waals surface area contributed by atoms with Crippen LogP contribution in [0.4, 0.5) is 11.4 Å². The zero-order valence-corrected chi connectivity index (χ0v) is 22.2. The Morgan fingerprint density at radius 3 is 2.68 bits per heavy atom. The molecule has 4 unspecified atom stereocenters. The molecule has 2 saturated carbocycles. The van der Waals surface area contributed by atoms with Crippen LogP contribution in [0.25, 0.3) is 0 Å². The van der Waals surface area contributed by atoms with E-state index in [1.54, 1.807) is 39.3 Å². The first kappa shape index (κ1) is 24.5. The van der Waals surface area contributed by atoms with Crippen LogP contribution in [-0.4, -0.2) is 46.5 Å². The zero-order chi connectivity index (χ0) is 25.9. The second-order valence-electron chi connectivity index (χ2n) is 10.7. The molecule has 198 valence electrons. The van der Waals surface area contributed by atoms with Crippen LogP contribution in [0.3, 0.4) is 0 Å². The van der Waals surface area contributed by atoms with Crippen LogP contribution in [0.5, 0.6) is 11.5 Å².